The summed E-state index contributed by atoms with van der Waals surface area (Å²) in [5.74, 6) is 1.67. The molecule has 0 radical (unpaired) electrons. The van der Waals surface area contributed by atoms with Gasteiger partial charge < -0.3 is 10.4 Å². The molecule has 18 heavy (non-hydrogen) atoms. The molecule has 1 aliphatic rings. The summed E-state index contributed by atoms with van der Waals surface area (Å²) in [6, 6.07) is 0.626. The van der Waals surface area contributed by atoms with Crippen molar-refractivity contribution in [1.82, 2.24) is 5.32 Å². The van der Waals surface area contributed by atoms with Gasteiger partial charge in [0.2, 0.25) is 0 Å². The van der Waals surface area contributed by atoms with E-state index in [1.807, 2.05) is 0 Å². The summed E-state index contributed by atoms with van der Waals surface area (Å²) in [5, 5.41) is 13.6. The maximum Gasteiger partial charge on any atom is 0.0669 e. The average molecular weight is 255 g/mol. The SMILES string of the molecule is CC(C)C1CCCC(NCC(O)CC(C)(C)C)C1. The first-order valence-electron chi connectivity index (χ1n) is 7.69. The van der Waals surface area contributed by atoms with Gasteiger partial charge in [-0.25, -0.2) is 0 Å². The predicted molar refractivity (Wildman–Crippen MR) is 78.7 cm³/mol. The van der Waals surface area contributed by atoms with Gasteiger partial charge in [0.15, 0.2) is 0 Å². The monoisotopic (exact) mass is 255 g/mol. The van der Waals surface area contributed by atoms with Crippen molar-refractivity contribution in [3.8, 4) is 0 Å². The zero-order valence-corrected chi connectivity index (χ0v) is 13.0. The van der Waals surface area contributed by atoms with E-state index in [4.69, 9.17) is 0 Å². The van der Waals surface area contributed by atoms with E-state index in [1.54, 1.807) is 0 Å². The zero-order chi connectivity index (χ0) is 13.8. The zero-order valence-electron chi connectivity index (χ0n) is 13.0. The maximum atomic E-state index is 10.0. The Labute approximate surface area is 114 Å². The van der Waals surface area contributed by atoms with Gasteiger partial charge in [0, 0.05) is 12.6 Å². The van der Waals surface area contributed by atoms with Gasteiger partial charge in [-0.2, -0.15) is 0 Å². The maximum absolute atomic E-state index is 10.0. The van der Waals surface area contributed by atoms with Gasteiger partial charge >= 0.3 is 0 Å². The molecule has 0 aromatic heterocycles. The van der Waals surface area contributed by atoms with Crippen LogP contribution in [0.15, 0.2) is 0 Å². The van der Waals surface area contributed by atoms with Crippen LogP contribution in [0.3, 0.4) is 0 Å². The smallest absolute Gasteiger partial charge is 0.0669 e. The molecule has 0 aromatic rings. The van der Waals surface area contributed by atoms with E-state index in [9.17, 15) is 5.11 Å². The molecule has 1 fully saturated rings. The van der Waals surface area contributed by atoms with Crippen molar-refractivity contribution in [3.05, 3.63) is 0 Å². The van der Waals surface area contributed by atoms with Crippen LogP contribution < -0.4 is 5.32 Å². The molecule has 0 bridgehead atoms. The molecular weight excluding hydrogens is 222 g/mol. The van der Waals surface area contributed by atoms with Gasteiger partial charge in [-0.3, -0.25) is 0 Å². The number of aliphatic hydroxyl groups excluding tert-OH is 1. The Morgan fingerprint density at radius 1 is 1.22 bits per heavy atom. The van der Waals surface area contributed by atoms with Crippen LogP contribution in [0.1, 0.15) is 66.7 Å². The van der Waals surface area contributed by atoms with Crippen molar-refractivity contribution in [3.63, 3.8) is 0 Å². The molecule has 0 saturated heterocycles. The summed E-state index contributed by atoms with van der Waals surface area (Å²) >= 11 is 0. The summed E-state index contributed by atoms with van der Waals surface area (Å²) < 4.78 is 0. The normalized spacial score (nSPS) is 27.5. The van der Waals surface area contributed by atoms with Gasteiger partial charge in [-0.05, 0) is 36.5 Å². The fourth-order valence-corrected chi connectivity index (χ4v) is 3.10. The van der Waals surface area contributed by atoms with Crippen LogP contribution in [-0.4, -0.2) is 23.8 Å². The van der Waals surface area contributed by atoms with Crippen LogP contribution in [0, 0.1) is 17.3 Å². The molecule has 2 heteroatoms. The molecule has 1 saturated carbocycles. The van der Waals surface area contributed by atoms with Crippen LogP contribution in [0.2, 0.25) is 0 Å². The highest BCUT2D eigenvalue weighted by atomic mass is 16.3. The summed E-state index contributed by atoms with van der Waals surface area (Å²) in [5.41, 5.74) is 0.216. The second-order valence-corrected chi connectivity index (χ2v) is 7.69. The molecule has 1 rings (SSSR count). The lowest BCUT2D eigenvalue weighted by Crippen LogP contribution is -2.40. The van der Waals surface area contributed by atoms with Crippen LogP contribution in [0.4, 0.5) is 0 Å². The molecule has 0 heterocycles. The van der Waals surface area contributed by atoms with Crippen molar-refractivity contribution in [1.29, 1.82) is 0 Å². The molecule has 0 amide bonds. The minimum absolute atomic E-state index is 0.204. The Morgan fingerprint density at radius 2 is 1.89 bits per heavy atom. The van der Waals surface area contributed by atoms with Gasteiger partial charge in [0.25, 0.3) is 0 Å². The lowest BCUT2D eigenvalue weighted by atomic mass is 9.79. The first kappa shape index (κ1) is 16.0. The van der Waals surface area contributed by atoms with E-state index in [2.05, 4.69) is 39.9 Å². The minimum Gasteiger partial charge on any atom is -0.392 e. The van der Waals surface area contributed by atoms with Gasteiger partial charge in [0.05, 0.1) is 6.10 Å². The fraction of sp³-hybridized carbons (Fsp3) is 1.00. The summed E-state index contributed by atoms with van der Waals surface area (Å²) in [6.45, 7) is 12.0. The Morgan fingerprint density at radius 3 is 2.44 bits per heavy atom. The summed E-state index contributed by atoms with van der Waals surface area (Å²) in [4.78, 5) is 0. The van der Waals surface area contributed by atoms with Gasteiger partial charge in [0.1, 0.15) is 0 Å². The number of hydrogen-bond acceptors (Lipinski definition) is 2. The van der Waals surface area contributed by atoms with E-state index in [1.165, 1.54) is 25.7 Å². The van der Waals surface area contributed by atoms with E-state index < -0.39 is 0 Å². The largest absolute Gasteiger partial charge is 0.392 e. The second-order valence-electron chi connectivity index (χ2n) is 7.69. The standard InChI is InChI=1S/C16H33NO/c1-12(2)13-7-6-8-14(9-13)17-11-15(18)10-16(3,4)5/h12-15,17-18H,6-11H2,1-5H3. The first-order valence-corrected chi connectivity index (χ1v) is 7.69. The predicted octanol–water partition coefficient (Wildman–Crippen LogP) is 3.59. The lowest BCUT2D eigenvalue weighted by molar-refractivity contribution is 0.110. The Bertz CT molecular complexity index is 232. The van der Waals surface area contributed by atoms with Crippen molar-refractivity contribution >= 4 is 0 Å². The van der Waals surface area contributed by atoms with Crippen molar-refractivity contribution in [2.75, 3.05) is 6.54 Å². The highest BCUT2D eigenvalue weighted by Gasteiger charge is 2.24. The fourth-order valence-electron chi connectivity index (χ4n) is 3.10. The van der Waals surface area contributed by atoms with Crippen LogP contribution in [0.5, 0.6) is 0 Å². The van der Waals surface area contributed by atoms with Gasteiger partial charge in [-0.15, -0.1) is 0 Å². The lowest BCUT2D eigenvalue weighted by Gasteiger charge is -2.33. The third kappa shape index (κ3) is 6.19. The third-order valence-corrected chi connectivity index (χ3v) is 4.15. The van der Waals surface area contributed by atoms with E-state index in [-0.39, 0.29) is 11.5 Å². The number of aliphatic hydroxyl groups is 1. The Balaban J connectivity index is 2.26. The summed E-state index contributed by atoms with van der Waals surface area (Å²) in [6.07, 6.45) is 5.98. The van der Waals surface area contributed by atoms with Crippen LogP contribution >= 0.6 is 0 Å². The van der Waals surface area contributed by atoms with Crippen LogP contribution in [0.25, 0.3) is 0 Å². The molecule has 2 N–H and O–H groups in total. The molecule has 1 aliphatic carbocycles. The van der Waals surface area contributed by atoms with E-state index in [0.29, 0.717) is 6.04 Å². The third-order valence-electron chi connectivity index (χ3n) is 4.15. The number of nitrogens with one attached hydrogen (secondary N) is 1. The topological polar surface area (TPSA) is 32.3 Å². The molecular formula is C16H33NO. The molecule has 108 valence electrons. The van der Waals surface area contributed by atoms with Crippen LogP contribution in [-0.2, 0) is 0 Å². The van der Waals surface area contributed by atoms with Gasteiger partial charge in [-0.1, -0.05) is 47.5 Å². The Kier molecular flexibility index (Phi) is 6.13. The number of hydrogen-bond donors (Lipinski definition) is 2. The molecule has 0 aromatic carbocycles. The van der Waals surface area contributed by atoms with Crippen molar-refractivity contribution in [2.45, 2.75) is 78.9 Å². The minimum atomic E-state index is -0.204. The molecule has 0 spiro atoms. The van der Waals surface area contributed by atoms with E-state index >= 15 is 0 Å². The molecule has 3 atom stereocenters. The molecule has 3 unspecified atom stereocenters. The first-order chi connectivity index (χ1) is 8.28. The second kappa shape index (κ2) is 6.91. The molecule has 2 nitrogen and oxygen atoms in total. The average Bonchev–Trinajstić information content (AvgIpc) is 2.24. The summed E-state index contributed by atoms with van der Waals surface area (Å²) in [7, 11) is 0. The van der Waals surface area contributed by atoms with Crippen molar-refractivity contribution < 1.29 is 5.11 Å². The molecule has 0 aliphatic heterocycles. The van der Waals surface area contributed by atoms with E-state index in [0.717, 1.165) is 24.8 Å². The quantitative estimate of drug-likeness (QED) is 0.787. The highest BCUT2D eigenvalue weighted by molar-refractivity contribution is 4.81. The highest BCUT2D eigenvalue weighted by Crippen LogP contribution is 2.30. The Hall–Kier alpha value is -0.0800. The number of rotatable bonds is 5. The van der Waals surface area contributed by atoms with Crippen molar-refractivity contribution in [2.24, 2.45) is 17.3 Å².